The van der Waals surface area contributed by atoms with E-state index in [1.165, 1.54) is 0 Å². The number of pyridine rings is 2. The van der Waals surface area contributed by atoms with Gasteiger partial charge in [-0.25, -0.2) is 4.98 Å². The first-order valence-electron chi connectivity index (χ1n) is 7.74. The van der Waals surface area contributed by atoms with Crippen molar-refractivity contribution in [3.8, 4) is 6.07 Å². The second-order valence-electron chi connectivity index (χ2n) is 5.48. The fraction of sp³-hybridized carbons (Fsp3) is 0.105. The van der Waals surface area contributed by atoms with Gasteiger partial charge in [0.15, 0.2) is 11.0 Å². The number of hydrogen-bond acceptors (Lipinski definition) is 4. The molecule has 0 bridgehead atoms. The molecule has 3 rings (SSSR count). The molecule has 0 saturated carbocycles. The van der Waals surface area contributed by atoms with Crippen LogP contribution in [0, 0.1) is 11.3 Å². The summed E-state index contributed by atoms with van der Waals surface area (Å²) in [6.45, 7) is 1.98. The Morgan fingerprint density at radius 3 is 2.31 bits per heavy atom. The highest BCUT2D eigenvalue weighted by molar-refractivity contribution is 6.45. The summed E-state index contributed by atoms with van der Waals surface area (Å²) < 4.78 is 0. The predicted molar refractivity (Wildman–Crippen MR) is 105 cm³/mol. The maximum absolute atomic E-state index is 9.22. The Morgan fingerprint density at radius 1 is 1.00 bits per heavy atom. The van der Waals surface area contributed by atoms with Crippen LogP contribution in [0.2, 0.25) is 15.2 Å². The summed E-state index contributed by atoms with van der Waals surface area (Å²) in [4.78, 5) is 10.7. The topological polar surface area (TPSA) is 52.8 Å². The van der Waals surface area contributed by atoms with Crippen LogP contribution in [0.1, 0.15) is 24.2 Å². The molecule has 26 heavy (non-hydrogen) atoms. The lowest BCUT2D eigenvalue weighted by Gasteiger charge is -2.31. The Bertz CT molecular complexity index is 956. The standard InChI is InChI=1S/C19H13Cl3N4/c1-12(15-9-5-6-10-24-15)26(13-7-3-2-4-8-13)19-17(21)16(20)14(11-23)18(22)25-19/h2-10,12H,1H3/t12-/m0/s1. The zero-order chi connectivity index (χ0) is 18.7. The van der Waals surface area contributed by atoms with Crippen molar-refractivity contribution in [2.24, 2.45) is 0 Å². The van der Waals surface area contributed by atoms with Crippen LogP contribution in [0.3, 0.4) is 0 Å². The number of halogens is 3. The van der Waals surface area contributed by atoms with Crippen LogP contribution in [0.5, 0.6) is 0 Å². The number of hydrogen-bond donors (Lipinski definition) is 0. The number of nitrogens with zero attached hydrogens (tertiary/aromatic N) is 4. The second-order valence-corrected chi connectivity index (χ2v) is 6.59. The van der Waals surface area contributed by atoms with Crippen LogP contribution in [0.15, 0.2) is 54.7 Å². The molecule has 0 aliphatic heterocycles. The lowest BCUT2D eigenvalue weighted by Crippen LogP contribution is -2.24. The van der Waals surface area contributed by atoms with E-state index in [1.807, 2.05) is 66.4 Å². The highest BCUT2D eigenvalue weighted by Gasteiger charge is 2.26. The number of anilines is 2. The fourth-order valence-corrected chi connectivity index (χ4v) is 3.33. The van der Waals surface area contributed by atoms with Gasteiger partial charge in [0, 0.05) is 11.9 Å². The second kappa shape index (κ2) is 7.92. The van der Waals surface area contributed by atoms with Crippen molar-refractivity contribution in [3.63, 3.8) is 0 Å². The molecule has 0 aliphatic rings. The van der Waals surface area contributed by atoms with Gasteiger partial charge in [-0.3, -0.25) is 4.98 Å². The predicted octanol–water partition coefficient (Wildman–Crippen LogP) is 6.21. The molecule has 130 valence electrons. The summed E-state index contributed by atoms with van der Waals surface area (Å²) in [5.41, 5.74) is 1.73. The average Bonchev–Trinajstić information content (AvgIpc) is 2.68. The van der Waals surface area contributed by atoms with Crippen LogP contribution in [-0.2, 0) is 0 Å². The number of para-hydroxylation sites is 1. The largest absolute Gasteiger partial charge is 0.316 e. The molecule has 0 radical (unpaired) electrons. The molecule has 2 aromatic heterocycles. The maximum Gasteiger partial charge on any atom is 0.155 e. The van der Waals surface area contributed by atoms with Gasteiger partial charge < -0.3 is 4.90 Å². The molecule has 1 atom stereocenters. The van der Waals surface area contributed by atoms with Crippen LogP contribution in [0.4, 0.5) is 11.5 Å². The van der Waals surface area contributed by atoms with Crippen molar-refractivity contribution in [1.82, 2.24) is 9.97 Å². The third-order valence-electron chi connectivity index (χ3n) is 3.90. The van der Waals surface area contributed by atoms with E-state index in [0.717, 1.165) is 11.4 Å². The van der Waals surface area contributed by atoms with Gasteiger partial charge in [0.25, 0.3) is 0 Å². The molecule has 2 heterocycles. The van der Waals surface area contributed by atoms with E-state index in [-0.39, 0.29) is 26.8 Å². The molecule has 0 amide bonds. The zero-order valence-corrected chi connectivity index (χ0v) is 16.0. The molecule has 0 fully saturated rings. The number of nitriles is 1. The lowest BCUT2D eigenvalue weighted by atomic mass is 10.1. The smallest absolute Gasteiger partial charge is 0.155 e. The van der Waals surface area contributed by atoms with Crippen LogP contribution in [-0.4, -0.2) is 9.97 Å². The molecule has 7 heteroatoms. The maximum atomic E-state index is 9.22. The monoisotopic (exact) mass is 402 g/mol. The minimum atomic E-state index is -0.205. The lowest BCUT2D eigenvalue weighted by molar-refractivity contribution is 0.735. The summed E-state index contributed by atoms with van der Waals surface area (Å²) in [5.74, 6) is 0.366. The first-order chi connectivity index (χ1) is 12.5. The van der Waals surface area contributed by atoms with E-state index in [9.17, 15) is 5.26 Å². The SMILES string of the molecule is C[C@@H](c1ccccn1)N(c1ccccc1)c1nc(Cl)c(C#N)c(Cl)c1Cl. The highest BCUT2D eigenvalue weighted by atomic mass is 35.5. The first kappa shape index (κ1) is 18.5. The van der Waals surface area contributed by atoms with E-state index >= 15 is 0 Å². The van der Waals surface area contributed by atoms with Crippen molar-refractivity contribution in [2.75, 3.05) is 4.90 Å². The molecule has 4 nitrogen and oxygen atoms in total. The molecule has 0 aliphatic carbocycles. The summed E-state index contributed by atoms with van der Waals surface area (Å²) in [6, 6.07) is 17.0. The highest BCUT2D eigenvalue weighted by Crippen LogP contribution is 2.42. The van der Waals surface area contributed by atoms with E-state index in [1.54, 1.807) is 6.20 Å². The van der Waals surface area contributed by atoms with Crippen LogP contribution >= 0.6 is 34.8 Å². The van der Waals surface area contributed by atoms with Gasteiger partial charge in [0.05, 0.1) is 16.8 Å². The fourth-order valence-electron chi connectivity index (χ4n) is 2.62. The van der Waals surface area contributed by atoms with Crippen LogP contribution < -0.4 is 4.90 Å². The minimum absolute atomic E-state index is 0.00560. The summed E-state index contributed by atoms with van der Waals surface area (Å²) in [5, 5.41) is 9.47. The molecular weight excluding hydrogens is 391 g/mol. The zero-order valence-electron chi connectivity index (χ0n) is 13.7. The summed E-state index contributed by atoms with van der Waals surface area (Å²) in [6.07, 6.45) is 1.72. The Labute approximate surface area is 166 Å². The van der Waals surface area contributed by atoms with E-state index in [0.29, 0.717) is 5.82 Å². The van der Waals surface area contributed by atoms with Crippen LogP contribution in [0.25, 0.3) is 0 Å². The van der Waals surface area contributed by atoms with Gasteiger partial charge in [-0.1, -0.05) is 59.1 Å². The molecule has 1 aromatic carbocycles. The number of rotatable bonds is 4. The summed E-state index contributed by atoms with van der Waals surface area (Å²) >= 11 is 18.9. The Kier molecular flexibility index (Phi) is 5.63. The number of aromatic nitrogens is 2. The molecule has 0 saturated heterocycles. The quantitative estimate of drug-likeness (QED) is 0.486. The van der Waals surface area contributed by atoms with Crippen molar-refractivity contribution in [1.29, 1.82) is 5.26 Å². The molecule has 3 aromatic rings. The third-order valence-corrected chi connectivity index (χ3v) is 5.00. The molecule has 0 N–H and O–H groups in total. The van der Waals surface area contributed by atoms with Gasteiger partial charge in [-0.2, -0.15) is 5.26 Å². The van der Waals surface area contributed by atoms with Crippen molar-refractivity contribution in [3.05, 3.63) is 81.2 Å². The van der Waals surface area contributed by atoms with Gasteiger partial charge in [-0.05, 0) is 31.2 Å². The van der Waals surface area contributed by atoms with E-state index in [4.69, 9.17) is 34.8 Å². The molecular formula is C19H13Cl3N4. The Morgan fingerprint density at radius 2 is 1.69 bits per heavy atom. The molecule has 0 spiro atoms. The normalized spacial score (nSPS) is 11.7. The molecule has 0 unspecified atom stereocenters. The minimum Gasteiger partial charge on any atom is -0.316 e. The Balaban J connectivity index is 2.22. The van der Waals surface area contributed by atoms with Gasteiger partial charge in [0.2, 0.25) is 0 Å². The first-order valence-corrected chi connectivity index (χ1v) is 8.87. The van der Waals surface area contributed by atoms with Crippen molar-refractivity contribution in [2.45, 2.75) is 13.0 Å². The van der Waals surface area contributed by atoms with E-state index in [2.05, 4.69) is 9.97 Å². The van der Waals surface area contributed by atoms with E-state index < -0.39 is 0 Å². The average molecular weight is 404 g/mol. The third kappa shape index (κ3) is 3.47. The van der Waals surface area contributed by atoms with Crippen molar-refractivity contribution >= 4 is 46.3 Å². The van der Waals surface area contributed by atoms with Gasteiger partial charge in [-0.15, -0.1) is 0 Å². The van der Waals surface area contributed by atoms with Gasteiger partial charge in [0.1, 0.15) is 16.7 Å². The Hall–Kier alpha value is -2.32. The summed E-state index contributed by atoms with van der Waals surface area (Å²) in [7, 11) is 0. The van der Waals surface area contributed by atoms with Gasteiger partial charge >= 0.3 is 0 Å². The number of benzene rings is 1. The van der Waals surface area contributed by atoms with Crippen molar-refractivity contribution < 1.29 is 0 Å².